The molecule has 0 aromatic carbocycles. The molecule has 0 fully saturated rings. The summed E-state index contributed by atoms with van der Waals surface area (Å²) in [6.45, 7) is 3.61. The van der Waals surface area contributed by atoms with Crippen molar-refractivity contribution in [2.24, 2.45) is 0 Å². The van der Waals surface area contributed by atoms with Crippen molar-refractivity contribution in [3.05, 3.63) is 36.5 Å². The van der Waals surface area contributed by atoms with E-state index in [1.165, 1.54) is 25.7 Å². The van der Waals surface area contributed by atoms with Gasteiger partial charge in [-0.1, -0.05) is 56.2 Å². The topological polar surface area (TPSA) is 46.5 Å². The summed E-state index contributed by atoms with van der Waals surface area (Å²) in [5.41, 5.74) is 0. The number of aliphatic carboxylic acids is 1. The van der Waals surface area contributed by atoms with Gasteiger partial charge in [0.15, 0.2) is 0 Å². The first-order valence-corrected chi connectivity index (χ1v) is 9.02. The van der Waals surface area contributed by atoms with Crippen molar-refractivity contribution < 1.29 is 14.6 Å². The van der Waals surface area contributed by atoms with Gasteiger partial charge in [0.25, 0.3) is 0 Å². The highest BCUT2D eigenvalue weighted by Gasteiger charge is 1.95. The summed E-state index contributed by atoms with van der Waals surface area (Å²) in [6.07, 6.45) is 23.0. The van der Waals surface area contributed by atoms with Crippen molar-refractivity contribution >= 4 is 5.97 Å². The molecule has 0 heterocycles. The Kier molecular flexibility index (Phi) is 17.6. The van der Waals surface area contributed by atoms with E-state index in [1.54, 1.807) is 0 Å². The molecular weight excluding hydrogens is 288 g/mol. The summed E-state index contributed by atoms with van der Waals surface area (Å²) in [6, 6.07) is 0. The zero-order chi connectivity index (χ0) is 17.0. The average molecular weight is 322 g/mol. The van der Waals surface area contributed by atoms with Gasteiger partial charge in [-0.05, 0) is 44.9 Å². The zero-order valence-corrected chi connectivity index (χ0v) is 14.7. The Morgan fingerprint density at radius 2 is 1.48 bits per heavy atom. The summed E-state index contributed by atoms with van der Waals surface area (Å²) in [4.78, 5) is 10.3. The number of hydrogen-bond acceptors (Lipinski definition) is 2. The SMILES string of the molecule is CCCCCC=CCC=CCC=CCCOCCCCC(=O)O. The fourth-order valence-corrected chi connectivity index (χ4v) is 2.02. The maximum atomic E-state index is 10.3. The van der Waals surface area contributed by atoms with Crippen molar-refractivity contribution in [2.75, 3.05) is 13.2 Å². The molecule has 0 atom stereocenters. The van der Waals surface area contributed by atoms with Crippen LogP contribution in [0.1, 0.15) is 71.1 Å². The lowest BCUT2D eigenvalue weighted by Gasteiger charge is -2.00. The lowest BCUT2D eigenvalue weighted by atomic mass is 10.2. The second kappa shape index (κ2) is 18.7. The Hall–Kier alpha value is -1.35. The molecule has 132 valence electrons. The van der Waals surface area contributed by atoms with Gasteiger partial charge in [0.2, 0.25) is 0 Å². The predicted molar refractivity (Wildman–Crippen MR) is 97.7 cm³/mol. The van der Waals surface area contributed by atoms with E-state index in [-0.39, 0.29) is 6.42 Å². The van der Waals surface area contributed by atoms with E-state index in [9.17, 15) is 4.79 Å². The van der Waals surface area contributed by atoms with Gasteiger partial charge < -0.3 is 9.84 Å². The van der Waals surface area contributed by atoms with Crippen LogP contribution in [0.5, 0.6) is 0 Å². The van der Waals surface area contributed by atoms with Crippen LogP contribution in [0.4, 0.5) is 0 Å². The smallest absolute Gasteiger partial charge is 0.303 e. The molecule has 0 aromatic rings. The normalized spacial score (nSPS) is 12.0. The van der Waals surface area contributed by atoms with E-state index in [2.05, 4.69) is 43.4 Å². The minimum Gasteiger partial charge on any atom is -0.481 e. The molecule has 3 heteroatoms. The molecule has 0 aliphatic heterocycles. The number of hydrogen-bond donors (Lipinski definition) is 1. The molecule has 0 aliphatic rings. The molecule has 0 rings (SSSR count). The Morgan fingerprint density at radius 3 is 2.13 bits per heavy atom. The number of ether oxygens (including phenoxy) is 1. The molecule has 0 bridgehead atoms. The Bertz CT molecular complexity index is 343. The van der Waals surface area contributed by atoms with Gasteiger partial charge in [-0.25, -0.2) is 0 Å². The Balaban J connectivity index is 3.27. The van der Waals surface area contributed by atoms with Crippen LogP contribution < -0.4 is 0 Å². The molecule has 0 spiro atoms. The zero-order valence-electron chi connectivity index (χ0n) is 14.7. The van der Waals surface area contributed by atoms with Crippen molar-refractivity contribution in [3.63, 3.8) is 0 Å². The second-order valence-corrected chi connectivity index (χ2v) is 5.63. The monoisotopic (exact) mass is 322 g/mol. The molecule has 0 unspecified atom stereocenters. The number of unbranched alkanes of at least 4 members (excludes halogenated alkanes) is 4. The van der Waals surface area contributed by atoms with Gasteiger partial charge in [0.05, 0.1) is 6.61 Å². The van der Waals surface area contributed by atoms with Crippen molar-refractivity contribution in [1.82, 2.24) is 0 Å². The largest absolute Gasteiger partial charge is 0.481 e. The van der Waals surface area contributed by atoms with Gasteiger partial charge in [-0.2, -0.15) is 0 Å². The summed E-state index contributed by atoms with van der Waals surface area (Å²) < 4.78 is 5.44. The van der Waals surface area contributed by atoms with Gasteiger partial charge in [-0.15, -0.1) is 0 Å². The third kappa shape index (κ3) is 20.6. The fourth-order valence-electron chi connectivity index (χ4n) is 2.02. The molecule has 3 nitrogen and oxygen atoms in total. The van der Waals surface area contributed by atoms with E-state index in [4.69, 9.17) is 9.84 Å². The van der Waals surface area contributed by atoms with Crippen LogP contribution >= 0.6 is 0 Å². The van der Waals surface area contributed by atoms with Gasteiger partial charge in [0.1, 0.15) is 0 Å². The molecule has 0 aliphatic carbocycles. The number of carbonyl (C=O) groups is 1. The van der Waals surface area contributed by atoms with Crippen LogP contribution in [0.3, 0.4) is 0 Å². The summed E-state index contributed by atoms with van der Waals surface area (Å²) >= 11 is 0. The molecule has 23 heavy (non-hydrogen) atoms. The van der Waals surface area contributed by atoms with Gasteiger partial charge in [-0.3, -0.25) is 4.79 Å². The molecule has 0 amide bonds. The first-order chi connectivity index (χ1) is 11.3. The molecule has 0 saturated heterocycles. The highest BCUT2D eigenvalue weighted by atomic mass is 16.5. The molecule has 0 saturated carbocycles. The maximum Gasteiger partial charge on any atom is 0.303 e. The Labute approximate surface area is 142 Å². The first kappa shape index (κ1) is 21.6. The van der Waals surface area contributed by atoms with Gasteiger partial charge in [0, 0.05) is 13.0 Å². The number of allylic oxidation sites excluding steroid dienone is 5. The highest BCUT2D eigenvalue weighted by Crippen LogP contribution is 2.01. The summed E-state index contributed by atoms with van der Waals surface area (Å²) in [5.74, 6) is -0.729. The minimum atomic E-state index is -0.729. The van der Waals surface area contributed by atoms with E-state index in [1.807, 2.05) is 0 Å². The number of carboxylic acids is 1. The second-order valence-electron chi connectivity index (χ2n) is 5.63. The molecule has 0 radical (unpaired) electrons. The average Bonchev–Trinajstić information content (AvgIpc) is 2.53. The maximum absolute atomic E-state index is 10.3. The third-order valence-electron chi connectivity index (χ3n) is 3.38. The highest BCUT2D eigenvalue weighted by molar-refractivity contribution is 5.66. The minimum absolute atomic E-state index is 0.240. The fraction of sp³-hybridized carbons (Fsp3) is 0.650. The van der Waals surface area contributed by atoms with Crippen molar-refractivity contribution in [3.8, 4) is 0 Å². The van der Waals surface area contributed by atoms with E-state index < -0.39 is 5.97 Å². The summed E-state index contributed by atoms with van der Waals surface area (Å²) in [5, 5.41) is 8.49. The Morgan fingerprint density at radius 1 is 0.826 bits per heavy atom. The van der Waals surface area contributed by atoms with Crippen molar-refractivity contribution in [1.29, 1.82) is 0 Å². The number of rotatable bonds is 16. The van der Waals surface area contributed by atoms with Crippen LogP contribution in [0.2, 0.25) is 0 Å². The first-order valence-electron chi connectivity index (χ1n) is 9.02. The number of carboxylic acid groups (broad SMARTS) is 1. The van der Waals surface area contributed by atoms with E-state index in [0.29, 0.717) is 19.6 Å². The lowest BCUT2D eigenvalue weighted by Crippen LogP contribution is -1.99. The standard InChI is InChI=1S/C20H34O3/c1-2-3-4-5-6-7-8-9-10-11-12-13-15-18-23-19-16-14-17-20(21)22/h6-7,9-10,12-13H,2-5,8,11,14-19H2,1H3,(H,21,22). The van der Waals surface area contributed by atoms with E-state index in [0.717, 1.165) is 25.7 Å². The quantitative estimate of drug-likeness (QED) is 0.294. The van der Waals surface area contributed by atoms with E-state index >= 15 is 0 Å². The molecule has 0 aromatic heterocycles. The van der Waals surface area contributed by atoms with Gasteiger partial charge >= 0.3 is 5.97 Å². The lowest BCUT2D eigenvalue weighted by molar-refractivity contribution is -0.137. The van der Waals surface area contributed by atoms with Crippen molar-refractivity contribution in [2.45, 2.75) is 71.1 Å². The van der Waals surface area contributed by atoms with Crippen LogP contribution in [0, 0.1) is 0 Å². The van der Waals surface area contributed by atoms with Crippen LogP contribution in [0.15, 0.2) is 36.5 Å². The molecular formula is C20H34O3. The predicted octanol–water partition coefficient (Wildman–Crippen LogP) is 5.68. The summed E-state index contributed by atoms with van der Waals surface area (Å²) in [7, 11) is 0. The van der Waals surface area contributed by atoms with Crippen LogP contribution in [-0.2, 0) is 9.53 Å². The van der Waals surface area contributed by atoms with Crippen LogP contribution in [0.25, 0.3) is 0 Å². The third-order valence-corrected chi connectivity index (χ3v) is 3.38. The van der Waals surface area contributed by atoms with Crippen LogP contribution in [-0.4, -0.2) is 24.3 Å². The molecule has 1 N–H and O–H groups in total.